The van der Waals surface area contributed by atoms with Crippen molar-refractivity contribution in [2.45, 2.75) is 32.4 Å². The molecule has 2 fully saturated rings. The first kappa shape index (κ1) is 21.0. The van der Waals surface area contributed by atoms with E-state index in [1.54, 1.807) is 13.0 Å². The fourth-order valence-electron chi connectivity index (χ4n) is 4.35. The second-order valence-electron chi connectivity index (χ2n) is 8.32. The number of aryl methyl sites for hydroxylation is 2. The van der Waals surface area contributed by atoms with E-state index < -0.39 is 11.7 Å². The fraction of sp³-hybridized carbons (Fsp3) is 0.435. The normalized spacial score (nSPS) is 21.7. The summed E-state index contributed by atoms with van der Waals surface area (Å²) in [5.41, 5.74) is 2.78. The zero-order valence-electron chi connectivity index (χ0n) is 17.0. The van der Waals surface area contributed by atoms with Crippen LogP contribution in [0.4, 0.5) is 18.9 Å². The van der Waals surface area contributed by atoms with Gasteiger partial charge in [0.15, 0.2) is 0 Å². The van der Waals surface area contributed by atoms with Crippen molar-refractivity contribution in [2.24, 2.45) is 5.92 Å². The van der Waals surface area contributed by atoms with Gasteiger partial charge in [-0.05, 0) is 61.6 Å². The molecule has 0 spiro atoms. The molecule has 1 saturated carbocycles. The van der Waals surface area contributed by atoms with Gasteiger partial charge < -0.3 is 9.80 Å². The lowest BCUT2D eigenvalue weighted by Gasteiger charge is -2.37. The number of piperazine rings is 1. The Kier molecular flexibility index (Phi) is 5.47. The predicted octanol–water partition coefficient (Wildman–Crippen LogP) is 5.43. The Balaban J connectivity index is 1.40. The van der Waals surface area contributed by atoms with E-state index in [0.29, 0.717) is 48.7 Å². The molecule has 2 aliphatic rings. The van der Waals surface area contributed by atoms with Gasteiger partial charge in [0.2, 0.25) is 5.91 Å². The van der Waals surface area contributed by atoms with Crippen LogP contribution >= 0.6 is 11.6 Å². The molecule has 1 aliphatic carbocycles. The van der Waals surface area contributed by atoms with Crippen molar-refractivity contribution in [3.05, 3.63) is 63.7 Å². The number of hydrogen-bond donors (Lipinski definition) is 0. The van der Waals surface area contributed by atoms with Crippen LogP contribution < -0.4 is 4.90 Å². The van der Waals surface area contributed by atoms with Crippen molar-refractivity contribution in [2.75, 3.05) is 31.1 Å². The second-order valence-corrected chi connectivity index (χ2v) is 8.76. The van der Waals surface area contributed by atoms with Crippen molar-refractivity contribution in [3.63, 3.8) is 0 Å². The first-order valence-electron chi connectivity index (χ1n) is 10.1. The lowest BCUT2D eigenvalue weighted by molar-refractivity contribution is -0.137. The predicted molar refractivity (Wildman–Crippen MR) is 112 cm³/mol. The van der Waals surface area contributed by atoms with E-state index in [2.05, 4.69) is 4.90 Å². The number of amides is 1. The third kappa shape index (κ3) is 4.29. The van der Waals surface area contributed by atoms with Crippen molar-refractivity contribution in [3.8, 4) is 0 Å². The number of nitrogens with zero attached hydrogens (tertiary/aromatic N) is 2. The molecule has 2 aromatic rings. The summed E-state index contributed by atoms with van der Waals surface area (Å²) in [5.74, 6) is -0.281. The molecule has 4 rings (SSSR count). The smallest absolute Gasteiger partial charge is 0.368 e. The molecule has 30 heavy (non-hydrogen) atoms. The van der Waals surface area contributed by atoms with E-state index in [9.17, 15) is 18.0 Å². The molecule has 0 aromatic heterocycles. The van der Waals surface area contributed by atoms with Crippen LogP contribution in [-0.4, -0.2) is 37.0 Å². The Morgan fingerprint density at radius 2 is 1.73 bits per heavy atom. The van der Waals surface area contributed by atoms with E-state index in [4.69, 9.17) is 11.6 Å². The molecule has 3 nitrogen and oxygen atoms in total. The highest BCUT2D eigenvalue weighted by Gasteiger charge is 2.47. The molecule has 1 amide bonds. The Morgan fingerprint density at radius 3 is 2.40 bits per heavy atom. The molecule has 7 heteroatoms. The number of carbonyl (C=O) groups excluding carboxylic acids is 1. The molecular formula is C23H24ClF3N2O. The summed E-state index contributed by atoms with van der Waals surface area (Å²) in [5, 5.41) is 0.686. The molecule has 1 saturated heterocycles. The maximum atomic E-state index is 13.1. The molecule has 1 heterocycles. The van der Waals surface area contributed by atoms with Gasteiger partial charge in [-0.25, -0.2) is 0 Å². The Labute approximate surface area is 179 Å². The summed E-state index contributed by atoms with van der Waals surface area (Å²) in [6.45, 7) is 6.34. The number of alkyl halides is 3. The van der Waals surface area contributed by atoms with Crippen LogP contribution in [0.5, 0.6) is 0 Å². The summed E-state index contributed by atoms with van der Waals surface area (Å²) >= 11 is 6.13. The van der Waals surface area contributed by atoms with Crippen LogP contribution in [0.1, 0.15) is 34.6 Å². The van der Waals surface area contributed by atoms with Gasteiger partial charge in [-0.2, -0.15) is 13.2 Å². The Hall–Kier alpha value is -2.21. The van der Waals surface area contributed by atoms with Crippen molar-refractivity contribution >= 4 is 23.2 Å². The van der Waals surface area contributed by atoms with Gasteiger partial charge >= 0.3 is 6.18 Å². The van der Waals surface area contributed by atoms with Crippen molar-refractivity contribution in [1.82, 2.24) is 4.90 Å². The number of benzene rings is 2. The van der Waals surface area contributed by atoms with Gasteiger partial charge in [0, 0.05) is 42.8 Å². The van der Waals surface area contributed by atoms with E-state index in [1.165, 1.54) is 6.07 Å². The Bertz CT molecular complexity index is 967. The maximum absolute atomic E-state index is 13.1. The lowest BCUT2D eigenvalue weighted by Crippen LogP contribution is -2.49. The van der Waals surface area contributed by atoms with Crippen LogP contribution in [0.25, 0.3) is 0 Å². The highest BCUT2D eigenvalue weighted by atomic mass is 35.5. The zero-order valence-corrected chi connectivity index (χ0v) is 17.7. The fourth-order valence-corrected chi connectivity index (χ4v) is 4.52. The number of rotatable bonds is 3. The average Bonchev–Trinajstić information content (AvgIpc) is 3.49. The molecule has 0 bridgehead atoms. The van der Waals surface area contributed by atoms with E-state index >= 15 is 0 Å². The van der Waals surface area contributed by atoms with Crippen LogP contribution in [0.15, 0.2) is 36.4 Å². The molecule has 1 unspecified atom stereocenters. The molecule has 0 N–H and O–H groups in total. The lowest BCUT2D eigenvalue weighted by atomic mass is 10.0. The van der Waals surface area contributed by atoms with Gasteiger partial charge in [0.25, 0.3) is 0 Å². The highest BCUT2D eigenvalue weighted by molar-refractivity contribution is 6.30. The minimum atomic E-state index is -4.37. The van der Waals surface area contributed by atoms with Crippen molar-refractivity contribution in [1.29, 1.82) is 0 Å². The Morgan fingerprint density at radius 1 is 1.03 bits per heavy atom. The molecule has 2 atom stereocenters. The molecule has 1 aliphatic heterocycles. The van der Waals surface area contributed by atoms with Crippen LogP contribution in [0.2, 0.25) is 5.02 Å². The number of hydrogen-bond acceptors (Lipinski definition) is 2. The largest absolute Gasteiger partial charge is 0.416 e. The third-order valence-electron chi connectivity index (χ3n) is 6.07. The topological polar surface area (TPSA) is 23.6 Å². The van der Waals surface area contributed by atoms with Gasteiger partial charge in [-0.1, -0.05) is 29.3 Å². The first-order chi connectivity index (χ1) is 14.1. The summed E-state index contributed by atoms with van der Waals surface area (Å²) < 4.78 is 39.4. The summed E-state index contributed by atoms with van der Waals surface area (Å²) in [7, 11) is 0. The second kappa shape index (κ2) is 7.80. The van der Waals surface area contributed by atoms with Gasteiger partial charge in [0.1, 0.15) is 0 Å². The number of anilines is 1. The zero-order chi connectivity index (χ0) is 21.6. The maximum Gasteiger partial charge on any atom is 0.416 e. The first-order valence-corrected chi connectivity index (χ1v) is 10.5. The van der Waals surface area contributed by atoms with Crippen molar-refractivity contribution < 1.29 is 18.0 Å². The highest BCUT2D eigenvalue weighted by Crippen LogP contribution is 2.49. The van der Waals surface area contributed by atoms with Gasteiger partial charge in [-0.15, -0.1) is 0 Å². The van der Waals surface area contributed by atoms with Gasteiger partial charge in [0.05, 0.1) is 5.56 Å². The summed E-state index contributed by atoms with van der Waals surface area (Å²) in [4.78, 5) is 17.0. The monoisotopic (exact) mass is 436 g/mol. The summed E-state index contributed by atoms with van der Waals surface area (Å²) in [6, 6.07) is 9.92. The van der Waals surface area contributed by atoms with Crippen LogP contribution in [-0.2, 0) is 11.0 Å². The minimum Gasteiger partial charge on any atom is -0.368 e. The standard InChI is InChI=1S/C23H24ClF3N2O/c1-14-9-16(11-17(10-14)23(25,26)27)19-13-20(19)22(30)29-7-5-28(6-8-29)21-12-18(24)4-3-15(21)2/h3-4,9-12,19-20H,5-8,13H2,1-2H3/t19-,20?/m0/s1. The van der Waals surface area contributed by atoms with E-state index in [-0.39, 0.29) is 17.7 Å². The van der Waals surface area contributed by atoms with E-state index in [1.807, 2.05) is 30.0 Å². The van der Waals surface area contributed by atoms with E-state index in [0.717, 1.165) is 17.3 Å². The molecule has 2 aromatic carbocycles. The SMILES string of the molecule is Cc1cc([C@@H]2CC2C(=O)N2CCN(c3cc(Cl)ccc3C)CC2)cc(C(F)(F)F)c1. The third-order valence-corrected chi connectivity index (χ3v) is 6.30. The summed E-state index contributed by atoms with van der Waals surface area (Å²) in [6.07, 6.45) is -3.75. The molecular weight excluding hydrogens is 413 g/mol. The average molecular weight is 437 g/mol. The quantitative estimate of drug-likeness (QED) is 0.640. The van der Waals surface area contributed by atoms with Crippen LogP contribution in [0, 0.1) is 19.8 Å². The number of carbonyl (C=O) groups is 1. The number of halogens is 4. The van der Waals surface area contributed by atoms with Crippen LogP contribution in [0.3, 0.4) is 0 Å². The van der Waals surface area contributed by atoms with Gasteiger partial charge in [-0.3, -0.25) is 4.79 Å². The molecule has 160 valence electrons. The molecule has 0 radical (unpaired) electrons. The minimum absolute atomic E-state index is 0.0533.